The summed E-state index contributed by atoms with van der Waals surface area (Å²) in [5.74, 6) is 7.07. The molecule has 0 bridgehead atoms. The van der Waals surface area contributed by atoms with Crippen LogP contribution in [-0.2, 0) is 11.3 Å². The maximum atomic E-state index is 5.60. The van der Waals surface area contributed by atoms with Crippen LogP contribution < -0.4 is 11.3 Å². The molecule has 2 aromatic heterocycles. The van der Waals surface area contributed by atoms with Gasteiger partial charge in [-0.2, -0.15) is 0 Å². The molecule has 2 rings (SSSR count). The van der Waals surface area contributed by atoms with Gasteiger partial charge in [0.2, 0.25) is 0 Å². The monoisotopic (exact) mass is 295 g/mol. The summed E-state index contributed by atoms with van der Waals surface area (Å²) in [6, 6.07) is 0. The smallest absolute Gasteiger partial charge is 0.152 e. The van der Waals surface area contributed by atoms with E-state index in [1.165, 1.54) is 10.4 Å². The number of methoxy groups -OCH3 is 1. The van der Waals surface area contributed by atoms with Gasteiger partial charge in [0.05, 0.1) is 18.5 Å². The maximum Gasteiger partial charge on any atom is 0.152 e. The van der Waals surface area contributed by atoms with E-state index in [0.717, 1.165) is 22.6 Å². The number of nitrogen functional groups attached to an aromatic ring is 1. The van der Waals surface area contributed by atoms with Crippen molar-refractivity contribution in [3.63, 3.8) is 0 Å². The topological polar surface area (TPSA) is 76.3 Å². The quantitative estimate of drug-likeness (QED) is 0.623. The van der Waals surface area contributed by atoms with E-state index in [9.17, 15) is 0 Å². The van der Waals surface area contributed by atoms with Crippen LogP contribution in [0.15, 0.2) is 0 Å². The Labute approximate surface area is 122 Å². The zero-order valence-corrected chi connectivity index (χ0v) is 13.2. The molecule has 3 N–H and O–H groups in total. The number of nitrogens with zero attached hydrogens (tertiary/aromatic N) is 3. The average Bonchev–Trinajstić information content (AvgIpc) is 2.71. The zero-order valence-electron chi connectivity index (χ0n) is 12.4. The summed E-state index contributed by atoms with van der Waals surface area (Å²) in [6.07, 6.45) is 0. The van der Waals surface area contributed by atoms with Gasteiger partial charge in [-0.1, -0.05) is 0 Å². The predicted molar refractivity (Wildman–Crippen MR) is 82.9 cm³/mol. The fraction of sp³-hybridized carbons (Fsp3) is 0.538. The highest BCUT2D eigenvalue weighted by Gasteiger charge is 2.14. The lowest BCUT2D eigenvalue weighted by atomic mass is 10.2. The van der Waals surface area contributed by atoms with Crippen molar-refractivity contribution in [1.82, 2.24) is 14.9 Å². The van der Waals surface area contributed by atoms with Gasteiger partial charge in [-0.15, -0.1) is 11.3 Å². The Morgan fingerprint density at radius 1 is 1.35 bits per heavy atom. The van der Waals surface area contributed by atoms with Crippen molar-refractivity contribution in [2.45, 2.75) is 20.4 Å². The van der Waals surface area contributed by atoms with Gasteiger partial charge < -0.3 is 10.2 Å². The predicted octanol–water partition coefficient (Wildman–Crippen LogP) is 1.67. The molecule has 0 aromatic carbocycles. The first-order valence-electron chi connectivity index (χ1n) is 6.47. The molecule has 7 heteroatoms. The minimum atomic E-state index is 0.671. The van der Waals surface area contributed by atoms with Crippen LogP contribution in [0.4, 0.5) is 5.82 Å². The molecule has 0 spiro atoms. The van der Waals surface area contributed by atoms with Crippen LogP contribution in [-0.4, -0.2) is 42.2 Å². The number of hydrogen-bond acceptors (Lipinski definition) is 7. The first-order chi connectivity index (χ1) is 9.56. The van der Waals surface area contributed by atoms with Crippen molar-refractivity contribution in [3.05, 3.63) is 16.3 Å². The summed E-state index contributed by atoms with van der Waals surface area (Å²) < 4.78 is 5.07. The van der Waals surface area contributed by atoms with Gasteiger partial charge in [0.25, 0.3) is 0 Å². The van der Waals surface area contributed by atoms with Crippen LogP contribution in [0.3, 0.4) is 0 Å². The highest BCUT2D eigenvalue weighted by molar-refractivity contribution is 7.18. The molecular formula is C13H21N5OS. The normalized spacial score (nSPS) is 11.5. The highest BCUT2D eigenvalue weighted by Crippen LogP contribution is 2.32. The van der Waals surface area contributed by atoms with E-state index in [0.29, 0.717) is 19.0 Å². The number of aromatic nitrogens is 2. The third-order valence-corrected chi connectivity index (χ3v) is 4.40. The second-order valence-corrected chi connectivity index (χ2v) is 6.03. The Morgan fingerprint density at radius 3 is 2.75 bits per heavy atom. The number of ether oxygens (including phenoxy) is 1. The van der Waals surface area contributed by atoms with Gasteiger partial charge in [0, 0.05) is 18.5 Å². The molecule has 2 heterocycles. The number of nitrogens with one attached hydrogen (secondary N) is 1. The number of hydrazine groups is 1. The SMILES string of the molecule is COCCN(C)Cc1nc(NN)c2c(C)c(C)sc2n1. The summed E-state index contributed by atoms with van der Waals surface area (Å²) in [6.45, 7) is 6.36. The van der Waals surface area contributed by atoms with Crippen LogP contribution in [0.1, 0.15) is 16.3 Å². The molecule has 110 valence electrons. The Hall–Kier alpha value is -1.28. The van der Waals surface area contributed by atoms with E-state index in [1.54, 1.807) is 18.4 Å². The summed E-state index contributed by atoms with van der Waals surface area (Å²) in [5, 5.41) is 1.03. The average molecular weight is 295 g/mol. The summed E-state index contributed by atoms with van der Waals surface area (Å²) in [4.78, 5) is 13.5. The lowest BCUT2D eigenvalue weighted by Crippen LogP contribution is -2.24. The molecule has 0 amide bonds. The molecular weight excluding hydrogens is 274 g/mol. The Morgan fingerprint density at radius 2 is 2.10 bits per heavy atom. The van der Waals surface area contributed by atoms with Crippen molar-refractivity contribution in [2.24, 2.45) is 5.84 Å². The fourth-order valence-corrected chi connectivity index (χ4v) is 3.08. The van der Waals surface area contributed by atoms with Crippen LogP contribution in [0.25, 0.3) is 10.2 Å². The van der Waals surface area contributed by atoms with Crippen molar-refractivity contribution in [1.29, 1.82) is 0 Å². The molecule has 0 aliphatic carbocycles. The maximum absolute atomic E-state index is 5.60. The second kappa shape index (κ2) is 6.45. The van der Waals surface area contributed by atoms with Gasteiger partial charge in [0.1, 0.15) is 10.7 Å². The van der Waals surface area contributed by atoms with E-state index in [2.05, 4.69) is 34.1 Å². The molecule has 0 radical (unpaired) electrons. The first-order valence-corrected chi connectivity index (χ1v) is 7.29. The highest BCUT2D eigenvalue weighted by atomic mass is 32.1. The molecule has 0 saturated heterocycles. The van der Waals surface area contributed by atoms with Gasteiger partial charge >= 0.3 is 0 Å². The molecule has 0 aliphatic rings. The van der Waals surface area contributed by atoms with Crippen molar-refractivity contribution in [2.75, 3.05) is 32.7 Å². The minimum absolute atomic E-state index is 0.671. The van der Waals surface area contributed by atoms with Gasteiger partial charge in [-0.3, -0.25) is 4.90 Å². The molecule has 0 unspecified atom stereocenters. The Kier molecular flexibility index (Phi) is 4.87. The molecule has 0 fully saturated rings. The number of thiophene rings is 1. The summed E-state index contributed by atoms with van der Waals surface area (Å²) in [7, 11) is 3.72. The van der Waals surface area contributed by atoms with E-state index in [4.69, 9.17) is 10.6 Å². The third-order valence-electron chi connectivity index (χ3n) is 3.30. The molecule has 2 aromatic rings. The van der Waals surface area contributed by atoms with Crippen molar-refractivity contribution < 1.29 is 4.74 Å². The lowest BCUT2D eigenvalue weighted by molar-refractivity contribution is 0.157. The third kappa shape index (κ3) is 3.06. The van der Waals surface area contributed by atoms with Crippen LogP contribution in [0.2, 0.25) is 0 Å². The molecule has 0 saturated carbocycles. The summed E-state index contributed by atoms with van der Waals surface area (Å²) >= 11 is 1.68. The molecule has 0 atom stereocenters. The Bertz CT molecular complexity index is 598. The number of nitrogens with two attached hydrogens (primary N) is 1. The number of fused-ring (bicyclic) bond motifs is 1. The number of hydrogen-bond donors (Lipinski definition) is 2. The second-order valence-electron chi connectivity index (χ2n) is 4.83. The first kappa shape index (κ1) is 15.1. The lowest BCUT2D eigenvalue weighted by Gasteiger charge is -2.15. The van der Waals surface area contributed by atoms with Gasteiger partial charge in [0.15, 0.2) is 5.82 Å². The van der Waals surface area contributed by atoms with Gasteiger partial charge in [-0.05, 0) is 26.5 Å². The van der Waals surface area contributed by atoms with Crippen LogP contribution >= 0.6 is 11.3 Å². The van der Waals surface area contributed by atoms with E-state index >= 15 is 0 Å². The number of anilines is 1. The summed E-state index contributed by atoms with van der Waals surface area (Å²) in [5.41, 5.74) is 3.89. The van der Waals surface area contributed by atoms with Crippen LogP contribution in [0, 0.1) is 13.8 Å². The Balaban J connectivity index is 2.31. The molecule has 20 heavy (non-hydrogen) atoms. The largest absolute Gasteiger partial charge is 0.383 e. The van der Waals surface area contributed by atoms with Gasteiger partial charge in [-0.25, -0.2) is 15.8 Å². The molecule has 6 nitrogen and oxygen atoms in total. The number of rotatable bonds is 6. The van der Waals surface area contributed by atoms with Crippen LogP contribution in [0.5, 0.6) is 0 Å². The zero-order chi connectivity index (χ0) is 14.7. The standard InChI is InChI=1S/C13H21N5OS/c1-8-9(2)20-13-11(8)12(17-14)15-10(16-13)7-18(3)5-6-19-4/h5-7,14H2,1-4H3,(H,15,16,17). The van der Waals surface area contributed by atoms with E-state index < -0.39 is 0 Å². The van der Waals surface area contributed by atoms with E-state index in [-0.39, 0.29) is 0 Å². The van der Waals surface area contributed by atoms with Crippen molar-refractivity contribution in [3.8, 4) is 0 Å². The van der Waals surface area contributed by atoms with E-state index in [1.807, 2.05) is 7.05 Å². The minimum Gasteiger partial charge on any atom is -0.383 e. The fourth-order valence-electron chi connectivity index (χ4n) is 2.04. The number of aryl methyl sites for hydroxylation is 2. The number of likely N-dealkylation sites (N-methyl/N-ethyl adjacent to an activating group) is 1. The molecule has 0 aliphatic heterocycles. The van der Waals surface area contributed by atoms with Crippen molar-refractivity contribution >= 4 is 27.4 Å².